The van der Waals surface area contributed by atoms with Gasteiger partial charge in [0.25, 0.3) is 5.91 Å². The number of ether oxygens (including phenoxy) is 1. The van der Waals surface area contributed by atoms with Crippen LogP contribution in [0.25, 0.3) is 11.0 Å². The van der Waals surface area contributed by atoms with Crippen LogP contribution in [0.1, 0.15) is 16.1 Å². The normalized spacial score (nSPS) is 13.2. The summed E-state index contributed by atoms with van der Waals surface area (Å²) in [6.07, 6.45) is 0. The lowest BCUT2D eigenvalue weighted by atomic mass is 10.1. The van der Waals surface area contributed by atoms with Gasteiger partial charge in [0.05, 0.1) is 11.4 Å². The van der Waals surface area contributed by atoms with Crippen LogP contribution in [0.5, 0.6) is 0 Å². The molecule has 2 heterocycles. The Hall–Kier alpha value is -3.61. The molecule has 0 saturated carbocycles. The van der Waals surface area contributed by atoms with Crippen LogP contribution in [0, 0.1) is 6.92 Å². The van der Waals surface area contributed by atoms with Crippen molar-refractivity contribution in [1.29, 1.82) is 0 Å². The number of nitrogens with zero attached hydrogens (tertiary/aromatic N) is 1. The lowest BCUT2D eigenvalue weighted by Gasteiger charge is -2.28. The van der Waals surface area contributed by atoms with Crippen molar-refractivity contribution in [2.45, 2.75) is 6.92 Å². The first-order chi connectivity index (χ1) is 13.0. The summed E-state index contributed by atoms with van der Waals surface area (Å²) >= 11 is 0. The summed E-state index contributed by atoms with van der Waals surface area (Å²) in [6.45, 7) is 1.14. The van der Waals surface area contributed by atoms with E-state index in [0.717, 1.165) is 5.39 Å². The molecule has 0 saturated heterocycles. The summed E-state index contributed by atoms with van der Waals surface area (Å²) in [5.41, 5.74) is 2.35. The van der Waals surface area contributed by atoms with Crippen molar-refractivity contribution in [2.24, 2.45) is 0 Å². The first kappa shape index (κ1) is 16.8. The van der Waals surface area contributed by atoms with E-state index in [1.54, 1.807) is 37.3 Å². The molecule has 7 nitrogen and oxygen atoms in total. The van der Waals surface area contributed by atoms with Crippen LogP contribution in [0.4, 0.5) is 11.4 Å². The highest BCUT2D eigenvalue weighted by atomic mass is 16.5. The van der Waals surface area contributed by atoms with Crippen molar-refractivity contribution < 1.29 is 23.5 Å². The van der Waals surface area contributed by atoms with E-state index >= 15 is 0 Å². The average molecular weight is 364 g/mol. The van der Waals surface area contributed by atoms with Gasteiger partial charge >= 0.3 is 5.97 Å². The summed E-state index contributed by atoms with van der Waals surface area (Å²) in [5, 5.41) is 3.52. The molecule has 1 aliphatic rings. The molecule has 1 aromatic heterocycles. The van der Waals surface area contributed by atoms with E-state index in [9.17, 15) is 14.4 Å². The van der Waals surface area contributed by atoms with E-state index in [1.165, 1.54) is 4.90 Å². The van der Waals surface area contributed by atoms with Gasteiger partial charge in [-0.15, -0.1) is 0 Å². The van der Waals surface area contributed by atoms with Gasteiger partial charge in [-0.3, -0.25) is 14.5 Å². The van der Waals surface area contributed by atoms with Gasteiger partial charge in [0.2, 0.25) is 11.7 Å². The minimum absolute atomic E-state index is 0.0702. The average Bonchev–Trinajstić information content (AvgIpc) is 3.02. The number of esters is 1. The number of hydrogen-bond acceptors (Lipinski definition) is 5. The second kappa shape index (κ2) is 6.60. The van der Waals surface area contributed by atoms with Gasteiger partial charge in [-0.25, -0.2) is 4.79 Å². The van der Waals surface area contributed by atoms with Crippen LogP contribution in [0.2, 0.25) is 0 Å². The molecule has 0 spiro atoms. The number of carbonyl (C=O) groups excluding carboxylic acids is 3. The number of benzene rings is 2. The predicted molar refractivity (Wildman–Crippen MR) is 98.7 cm³/mol. The van der Waals surface area contributed by atoms with Gasteiger partial charge in [-0.1, -0.05) is 30.3 Å². The molecule has 0 aliphatic carbocycles. The molecule has 27 heavy (non-hydrogen) atoms. The van der Waals surface area contributed by atoms with E-state index in [-0.39, 0.29) is 18.2 Å². The Kier molecular flexibility index (Phi) is 4.12. The fraction of sp³-hybridized carbons (Fsp3) is 0.150. The maximum absolute atomic E-state index is 12.5. The summed E-state index contributed by atoms with van der Waals surface area (Å²) < 4.78 is 10.7. The van der Waals surface area contributed by atoms with E-state index in [4.69, 9.17) is 9.15 Å². The van der Waals surface area contributed by atoms with Gasteiger partial charge in [-0.2, -0.15) is 0 Å². The number of aryl methyl sites for hydroxylation is 1. The first-order valence-corrected chi connectivity index (χ1v) is 8.39. The number of furan rings is 1. The molecule has 1 N–H and O–H groups in total. The standard InChI is InChI=1S/C20H16N2O5/c1-12-13-6-2-5-9-16(13)27-19(12)20(25)26-11-18(24)22-10-17(23)21-14-7-3-4-8-15(14)22/h2-9H,10-11H2,1H3,(H,21,23). The number of carbonyl (C=O) groups is 3. The van der Waals surface area contributed by atoms with Crippen molar-refractivity contribution in [3.63, 3.8) is 0 Å². The SMILES string of the molecule is Cc1c(C(=O)OCC(=O)N2CC(=O)Nc3ccccc32)oc2ccccc12. The third-order valence-corrected chi connectivity index (χ3v) is 4.43. The zero-order valence-electron chi connectivity index (χ0n) is 14.5. The van der Waals surface area contributed by atoms with E-state index in [0.29, 0.717) is 22.5 Å². The molecule has 0 radical (unpaired) electrons. The third kappa shape index (κ3) is 3.03. The zero-order chi connectivity index (χ0) is 19.0. The number of hydrogen-bond donors (Lipinski definition) is 1. The maximum atomic E-state index is 12.5. The molecule has 0 fully saturated rings. The van der Waals surface area contributed by atoms with Gasteiger partial charge in [0.15, 0.2) is 6.61 Å². The number of rotatable bonds is 3. The number of nitrogens with one attached hydrogen (secondary N) is 1. The molecule has 2 amide bonds. The molecule has 136 valence electrons. The minimum Gasteiger partial charge on any atom is -0.450 e. The Balaban J connectivity index is 1.50. The van der Waals surface area contributed by atoms with Crippen molar-refractivity contribution in [3.8, 4) is 0 Å². The molecular weight excluding hydrogens is 348 g/mol. The van der Waals surface area contributed by atoms with Gasteiger partial charge < -0.3 is 14.5 Å². The van der Waals surface area contributed by atoms with Crippen LogP contribution in [-0.2, 0) is 14.3 Å². The topological polar surface area (TPSA) is 88.9 Å². The Labute approximate surface area is 154 Å². The van der Waals surface area contributed by atoms with E-state index in [2.05, 4.69) is 5.32 Å². The molecule has 0 atom stereocenters. The molecular formula is C20H16N2O5. The first-order valence-electron chi connectivity index (χ1n) is 8.39. The highest BCUT2D eigenvalue weighted by molar-refractivity contribution is 6.10. The van der Waals surface area contributed by atoms with E-state index in [1.807, 2.05) is 18.2 Å². The van der Waals surface area contributed by atoms with E-state index < -0.39 is 18.5 Å². The number of para-hydroxylation sites is 3. The minimum atomic E-state index is -0.716. The fourth-order valence-corrected chi connectivity index (χ4v) is 3.10. The van der Waals surface area contributed by atoms with Crippen LogP contribution < -0.4 is 10.2 Å². The third-order valence-electron chi connectivity index (χ3n) is 4.43. The molecule has 2 aromatic carbocycles. The Bertz CT molecular complexity index is 1070. The molecule has 7 heteroatoms. The smallest absolute Gasteiger partial charge is 0.375 e. The van der Waals surface area contributed by atoms with Gasteiger partial charge in [0.1, 0.15) is 12.1 Å². The lowest BCUT2D eigenvalue weighted by Crippen LogP contribution is -2.44. The molecule has 1 aliphatic heterocycles. The predicted octanol–water partition coefficient (Wildman–Crippen LogP) is 2.88. The highest BCUT2D eigenvalue weighted by Gasteiger charge is 2.28. The molecule has 0 unspecified atom stereocenters. The largest absolute Gasteiger partial charge is 0.450 e. The number of anilines is 2. The van der Waals surface area contributed by atoms with Gasteiger partial charge in [0, 0.05) is 10.9 Å². The lowest BCUT2D eigenvalue weighted by molar-refractivity contribution is -0.124. The highest BCUT2D eigenvalue weighted by Crippen LogP contribution is 2.29. The number of amides is 2. The van der Waals surface area contributed by atoms with Gasteiger partial charge in [-0.05, 0) is 25.1 Å². The quantitative estimate of drug-likeness (QED) is 0.722. The molecule has 3 aromatic rings. The molecule has 0 bridgehead atoms. The number of fused-ring (bicyclic) bond motifs is 2. The Morgan fingerprint density at radius 1 is 1.15 bits per heavy atom. The second-order valence-electron chi connectivity index (χ2n) is 6.17. The van der Waals surface area contributed by atoms with Crippen molar-refractivity contribution in [2.75, 3.05) is 23.4 Å². The fourth-order valence-electron chi connectivity index (χ4n) is 3.10. The van der Waals surface area contributed by atoms with Crippen LogP contribution >= 0.6 is 0 Å². The summed E-state index contributed by atoms with van der Waals surface area (Å²) in [6, 6.07) is 14.2. The van der Waals surface area contributed by atoms with Crippen molar-refractivity contribution in [3.05, 3.63) is 59.9 Å². The van der Waals surface area contributed by atoms with Crippen molar-refractivity contribution >= 4 is 40.1 Å². The zero-order valence-corrected chi connectivity index (χ0v) is 14.5. The van der Waals surface area contributed by atoms with Crippen LogP contribution in [0.15, 0.2) is 52.9 Å². The molecule has 4 rings (SSSR count). The Morgan fingerprint density at radius 2 is 1.89 bits per heavy atom. The summed E-state index contributed by atoms with van der Waals surface area (Å²) in [5.74, 6) is -1.44. The summed E-state index contributed by atoms with van der Waals surface area (Å²) in [4.78, 5) is 38.0. The monoisotopic (exact) mass is 364 g/mol. The second-order valence-corrected chi connectivity index (χ2v) is 6.17. The van der Waals surface area contributed by atoms with Crippen molar-refractivity contribution in [1.82, 2.24) is 0 Å². The van der Waals surface area contributed by atoms with Crippen LogP contribution in [0.3, 0.4) is 0 Å². The Morgan fingerprint density at radius 3 is 2.70 bits per heavy atom. The summed E-state index contributed by atoms with van der Waals surface area (Å²) in [7, 11) is 0. The maximum Gasteiger partial charge on any atom is 0.375 e. The van der Waals surface area contributed by atoms with Crippen LogP contribution in [-0.4, -0.2) is 30.9 Å².